The zero-order valence-corrected chi connectivity index (χ0v) is 14.1. The molecule has 2 rings (SSSR count). The van der Waals surface area contributed by atoms with Crippen molar-refractivity contribution in [2.75, 3.05) is 18.5 Å². The van der Waals surface area contributed by atoms with Gasteiger partial charge in [0, 0.05) is 24.2 Å². The highest BCUT2D eigenvalue weighted by molar-refractivity contribution is 5.90. The standard InChI is InChI=1S/C16H21N3O3.ClH/c1-11-15(12(2)22-19-11)7-8-16(20)18-13-3-5-14(6-4-13)21-10-9-17;/h3-6H,7-10,17H2,1-2H3,(H,18,20);1H. The molecular formula is C16H22ClN3O3. The van der Waals surface area contributed by atoms with E-state index in [1.54, 1.807) is 24.3 Å². The molecule has 1 aromatic heterocycles. The van der Waals surface area contributed by atoms with Crippen LogP contribution in [0.4, 0.5) is 5.69 Å². The second-order valence-electron chi connectivity index (χ2n) is 5.01. The van der Waals surface area contributed by atoms with E-state index in [2.05, 4.69) is 10.5 Å². The summed E-state index contributed by atoms with van der Waals surface area (Å²) in [6.45, 7) is 4.68. The summed E-state index contributed by atoms with van der Waals surface area (Å²) in [4.78, 5) is 12.0. The molecule has 1 aromatic carbocycles. The van der Waals surface area contributed by atoms with Crippen molar-refractivity contribution in [2.24, 2.45) is 5.73 Å². The van der Waals surface area contributed by atoms with Gasteiger partial charge in [-0.3, -0.25) is 4.79 Å². The van der Waals surface area contributed by atoms with Crippen molar-refractivity contribution < 1.29 is 14.1 Å². The van der Waals surface area contributed by atoms with Gasteiger partial charge < -0.3 is 20.3 Å². The molecule has 0 unspecified atom stereocenters. The van der Waals surface area contributed by atoms with Crippen LogP contribution in [0.15, 0.2) is 28.8 Å². The highest BCUT2D eigenvalue weighted by Crippen LogP contribution is 2.17. The molecule has 2 aromatic rings. The molecule has 0 aliphatic rings. The van der Waals surface area contributed by atoms with Crippen LogP contribution in [0.25, 0.3) is 0 Å². The molecule has 126 valence electrons. The third-order valence-electron chi connectivity index (χ3n) is 3.31. The molecule has 0 radical (unpaired) electrons. The Morgan fingerprint density at radius 1 is 1.30 bits per heavy atom. The number of anilines is 1. The number of halogens is 1. The zero-order chi connectivity index (χ0) is 15.9. The lowest BCUT2D eigenvalue weighted by Crippen LogP contribution is -2.13. The number of ether oxygens (including phenoxy) is 1. The van der Waals surface area contributed by atoms with Crippen LogP contribution in [0.2, 0.25) is 0 Å². The summed E-state index contributed by atoms with van der Waals surface area (Å²) in [5, 5.41) is 6.74. The predicted octanol–water partition coefficient (Wildman–Crippen LogP) is 2.62. The quantitative estimate of drug-likeness (QED) is 0.809. The third kappa shape index (κ3) is 5.58. The maximum atomic E-state index is 12.0. The Bertz CT molecular complexity index is 607. The lowest BCUT2D eigenvalue weighted by Gasteiger charge is -2.07. The van der Waals surface area contributed by atoms with Gasteiger partial charge in [-0.2, -0.15) is 0 Å². The maximum Gasteiger partial charge on any atom is 0.224 e. The third-order valence-corrected chi connectivity index (χ3v) is 3.31. The van der Waals surface area contributed by atoms with Crippen molar-refractivity contribution in [1.82, 2.24) is 5.16 Å². The topological polar surface area (TPSA) is 90.4 Å². The van der Waals surface area contributed by atoms with Crippen molar-refractivity contribution in [2.45, 2.75) is 26.7 Å². The van der Waals surface area contributed by atoms with Crippen LogP contribution in [0, 0.1) is 13.8 Å². The molecule has 0 aliphatic heterocycles. The van der Waals surface area contributed by atoms with Gasteiger partial charge in [0.05, 0.1) is 5.69 Å². The number of aryl methyl sites for hydroxylation is 2. The zero-order valence-electron chi connectivity index (χ0n) is 13.3. The number of nitrogens with zero attached hydrogens (tertiary/aromatic N) is 1. The number of amides is 1. The number of aromatic nitrogens is 1. The molecule has 0 bridgehead atoms. The molecule has 0 fully saturated rings. The van der Waals surface area contributed by atoms with E-state index in [0.717, 1.165) is 28.5 Å². The van der Waals surface area contributed by atoms with Gasteiger partial charge in [-0.15, -0.1) is 12.4 Å². The lowest BCUT2D eigenvalue weighted by molar-refractivity contribution is -0.116. The summed E-state index contributed by atoms with van der Waals surface area (Å²) >= 11 is 0. The minimum atomic E-state index is -0.0457. The summed E-state index contributed by atoms with van der Waals surface area (Å²) in [7, 11) is 0. The summed E-state index contributed by atoms with van der Waals surface area (Å²) in [5.74, 6) is 1.46. The second kappa shape index (κ2) is 9.17. The molecule has 0 saturated carbocycles. The molecule has 0 saturated heterocycles. The first-order chi connectivity index (χ1) is 10.6. The fourth-order valence-electron chi connectivity index (χ4n) is 2.13. The minimum Gasteiger partial charge on any atom is -0.492 e. The molecular weight excluding hydrogens is 318 g/mol. The van der Waals surface area contributed by atoms with Crippen molar-refractivity contribution in [3.8, 4) is 5.75 Å². The fourth-order valence-corrected chi connectivity index (χ4v) is 2.13. The Morgan fingerprint density at radius 3 is 2.57 bits per heavy atom. The number of nitrogens with two attached hydrogens (primary N) is 1. The number of hydrogen-bond acceptors (Lipinski definition) is 5. The van der Waals surface area contributed by atoms with E-state index in [1.807, 2.05) is 13.8 Å². The maximum absolute atomic E-state index is 12.0. The smallest absolute Gasteiger partial charge is 0.224 e. The van der Waals surface area contributed by atoms with Gasteiger partial charge in [0.1, 0.15) is 18.1 Å². The number of hydrogen-bond donors (Lipinski definition) is 2. The second-order valence-corrected chi connectivity index (χ2v) is 5.01. The predicted molar refractivity (Wildman–Crippen MR) is 91.2 cm³/mol. The summed E-state index contributed by atoms with van der Waals surface area (Å²) in [5.41, 5.74) is 7.95. The molecule has 3 N–H and O–H groups in total. The Labute approximate surface area is 141 Å². The first-order valence-electron chi connectivity index (χ1n) is 7.24. The van der Waals surface area contributed by atoms with E-state index in [9.17, 15) is 4.79 Å². The number of rotatable bonds is 7. The van der Waals surface area contributed by atoms with E-state index in [-0.39, 0.29) is 18.3 Å². The van der Waals surface area contributed by atoms with Crippen molar-refractivity contribution in [1.29, 1.82) is 0 Å². The molecule has 23 heavy (non-hydrogen) atoms. The Morgan fingerprint density at radius 2 is 2.00 bits per heavy atom. The van der Waals surface area contributed by atoms with Crippen LogP contribution in [-0.4, -0.2) is 24.2 Å². The van der Waals surface area contributed by atoms with Gasteiger partial charge in [0.25, 0.3) is 0 Å². The van der Waals surface area contributed by atoms with Crippen LogP contribution in [-0.2, 0) is 11.2 Å². The van der Waals surface area contributed by atoms with Crippen molar-refractivity contribution in [3.05, 3.63) is 41.3 Å². The highest BCUT2D eigenvalue weighted by atomic mass is 35.5. The monoisotopic (exact) mass is 339 g/mol. The Balaban J connectivity index is 0.00000264. The largest absolute Gasteiger partial charge is 0.492 e. The van der Waals surface area contributed by atoms with Crippen LogP contribution in [0.1, 0.15) is 23.4 Å². The van der Waals surface area contributed by atoms with Crippen LogP contribution < -0.4 is 15.8 Å². The molecule has 0 spiro atoms. The number of benzene rings is 1. The minimum absolute atomic E-state index is 0. The van der Waals surface area contributed by atoms with Gasteiger partial charge in [0.15, 0.2) is 0 Å². The number of carbonyl (C=O) groups is 1. The SMILES string of the molecule is Cc1noc(C)c1CCC(=O)Nc1ccc(OCCN)cc1.Cl. The molecule has 0 aliphatic carbocycles. The molecule has 0 atom stereocenters. The highest BCUT2D eigenvalue weighted by Gasteiger charge is 2.11. The van der Waals surface area contributed by atoms with Gasteiger partial charge in [-0.25, -0.2) is 0 Å². The Hall–Kier alpha value is -2.05. The van der Waals surface area contributed by atoms with Gasteiger partial charge in [-0.05, 0) is 44.5 Å². The molecule has 1 heterocycles. The van der Waals surface area contributed by atoms with Gasteiger partial charge in [-0.1, -0.05) is 5.16 Å². The Kier molecular flexibility index (Phi) is 7.57. The average molecular weight is 340 g/mol. The normalized spacial score (nSPS) is 10.0. The van der Waals surface area contributed by atoms with Crippen LogP contribution in [0.3, 0.4) is 0 Å². The van der Waals surface area contributed by atoms with E-state index < -0.39 is 0 Å². The van der Waals surface area contributed by atoms with E-state index in [1.165, 1.54) is 0 Å². The number of nitrogens with one attached hydrogen (secondary N) is 1. The van der Waals surface area contributed by atoms with E-state index in [0.29, 0.717) is 26.0 Å². The average Bonchev–Trinajstić information content (AvgIpc) is 2.83. The van der Waals surface area contributed by atoms with E-state index >= 15 is 0 Å². The number of carbonyl (C=O) groups excluding carboxylic acids is 1. The van der Waals surface area contributed by atoms with Crippen molar-refractivity contribution >= 4 is 24.0 Å². The molecule has 6 nitrogen and oxygen atoms in total. The molecule has 1 amide bonds. The van der Waals surface area contributed by atoms with Gasteiger partial charge >= 0.3 is 0 Å². The van der Waals surface area contributed by atoms with E-state index in [4.69, 9.17) is 15.0 Å². The van der Waals surface area contributed by atoms with Crippen LogP contribution in [0.5, 0.6) is 5.75 Å². The fraction of sp³-hybridized carbons (Fsp3) is 0.375. The summed E-state index contributed by atoms with van der Waals surface area (Å²) in [6, 6.07) is 7.22. The first kappa shape index (κ1) is 19.0. The summed E-state index contributed by atoms with van der Waals surface area (Å²) in [6.07, 6.45) is 0.999. The summed E-state index contributed by atoms with van der Waals surface area (Å²) < 4.78 is 10.5. The van der Waals surface area contributed by atoms with Crippen molar-refractivity contribution in [3.63, 3.8) is 0 Å². The first-order valence-corrected chi connectivity index (χ1v) is 7.24. The van der Waals surface area contributed by atoms with Crippen LogP contribution >= 0.6 is 12.4 Å². The van der Waals surface area contributed by atoms with Gasteiger partial charge in [0.2, 0.25) is 5.91 Å². The lowest BCUT2D eigenvalue weighted by atomic mass is 10.1. The molecule has 7 heteroatoms.